The van der Waals surface area contributed by atoms with Crippen molar-refractivity contribution in [2.24, 2.45) is 17.8 Å². The lowest BCUT2D eigenvalue weighted by Gasteiger charge is -2.33. The molecule has 0 spiro atoms. The number of hydrogen-bond acceptors (Lipinski definition) is 6. The molecular weight excluding hydrogens is 449 g/mol. The van der Waals surface area contributed by atoms with E-state index in [1.165, 1.54) is 17.5 Å². The Balaban J connectivity index is 3.13. The van der Waals surface area contributed by atoms with Crippen LogP contribution < -0.4 is 10.6 Å². The Morgan fingerprint density at radius 3 is 2.41 bits per heavy atom. The molecule has 1 heterocycles. The molecular formula is C20H31F3N4O4S. The van der Waals surface area contributed by atoms with E-state index in [1.54, 1.807) is 26.2 Å². The summed E-state index contributed by atoms with van der Waals surface area (Å²) in [5.41, 5.74) is 0. The van der Waals surface area contributed by atoms with E-state index >= 15 is 0 Å². The first-order valence-corrected chi connectivity index (χ1v) is 11.3. The number of hydrogen-bond donors (Lipinski definition) is 3. The summed E-state index contributed by atoms with van der Waals surface area (Å²) in [7, 11) is 0. The first-order valence-electron chi connectivity index (χ1n) is 10.4. The SMILES string of the molecule is CC[C@H](C)[C@H](NC(=O)[C@H](CC(C)C)[C@H](CCC(F)(F)F)N(O)C=O)C(=O)Nc1nccs1. The van der Waals surface area contributed by atoms with Gasteiger partial charge in [0.25, 0.3) is 0 Å². The molecule has 0 saturated heterocycles. The fourth-order valence-electron chi connectivity index (χ4n) is 3.28. The van der Waals surface area contributed by atoms with Crippen LogP contribution in [0.15, 0.2) is 11.6 Å². The summed E-state index contributed by atoms with van der Waals surface area (Å²) < 4.78 is 38.4. The number of hydroxylamine groups is 2. The molecule has 182 valence electrons. The van der Waals surface area contributed by atoms with Gasteiger partial charge in [0, 0.05) is 18.0 Å². The van der Waals surface area contributed by atoms with Gasteiger partial charge < -0.3 is 10.6 Å². The number of carbonyl (C=O) groups is 3. The van der Waals surface area contributed by atoms with Crippen LogP contribution in [0.1, 0.15) is 53.4 Å². The first kappa shape index (κ1) is 27.8. The molecule has 0 unspecified atom stereocenters. The van der Waals surface area contributed by atoms with Crippen molar-refractivity contribution in [2.75, 3.05) is 5.32 Å². The van der Waals surface area contributed by atoms with Crippen LogP contribution in [0.4, 0.5) is 18.3 Å². The minimum absolute atomic E-state index is 0.0109. The molecule has 0 aliphatic heterocycles. The van der Waals surface area contributed by atoms with Crippen molar-refractivity contribution >= 4 is 34.7 Å². The highest BCUT2D eigenvalue weighted by Crippen LogP contribution is 2.29. The topological polar surface area (TPSA) is 112 Å². The number of thiazole rings is 1. The largest absolute Gasteiger partial charge is 0.389 e. The van der Waals surface area contributed by atoms with Crippen LogP contribution in [0.2, 0.25) is 0 Å². The second-order valence-corrected chi connectivity index (χ2v) is 9.04. The Bertz CT molecular complexity index is 731. The van der Waals surface area contributed by atoms with Crippen molar-refractivity contribution in [1.29, 1.82) is 0 Å². The van der Waals surface area contributed by atoms with Gasteiger partial charge in [0.05, 0.1) is 12.0 Å². The number of carbonyl (C=O) groups excluding carboxylic acids is 3. The van der Waals surface area contributed by atoms with E-state index in [2.05, 4.69) is 15.6 Å². The van der Waals surface area contributed by atoms with Crippen LogP contribution in [0.5, 0.6) is 0 Å². The molecule has 1 aromatic rings. The number of anilines is 1. The van der Waals surface area contributed by atoms with Crippen molar-refractivity contribution in [1.82, 2.24) is 15.4 Å². The highest BCUT2D eigenvalue weighted by atomic mass is 32.1. The Labute approximate surface area is 189 Å². The average Bonchev–Trinajstić information content (AvgIpc) is 3.21. The summed E-state index contributed by atoms with van der Waals surface area (Å²) >= 11 is 1.20. The van der Waals surface area contributed by atoms with Gasteiger partial charge in [-0.2, -0.15) is 13.2 Å². The summed E-state index contributed by atoms with van der Waals surface area (Å²) in [6, 6.07) is -2.37. The standard InChI is InChI=1S/C20H31F3N4O4S/c1-5-13(4)16(18(30)26-19-24-8-9-32-19)25-17(29)14(10-12(2)3)15(27(31)11-28)6-7-20(21,22)23/h8-9,11-16,31H,5-7,10H2,1-4H3,(H,25,29)(H,24,26,30)/t13-,14+,15-,16-/m0/s1. The van der Waals surface area contributed by atoms with E-state index < -0.39 is 48.8 Å². The molecule has 12 heteroatoms. The molecule has 0 radical (unpaired) electrons. The van der Waals surface area contributed by atoms with Crippen LogP contribution in [-0.2, 0) is 14.4 Å². The lowest BCUT2D eigenvalue weighted by atomic mass is 9.86. The Kier molecular flexibility index (Phi) is 11.1. The second-order valence-electron chi connectivity index (χ2n) is 8.14. The summed E-state index contributed by atoms with van der Waals surface area (Å²) in [5.74, 6) is -2.76. The minimum atomic E-state index is -4.52. The fourth-order valence-corrected chi connectivity index (χ4v) is 3.82. The summed E-state index contributed by atoms with van der Waals surface area (Å²) in [6.45, 7) is 7.13. The molecule has 3 amide bonds. The van der Waals surface area contributed by atoms with E-state index in [0.717, 1.165) is 0 Å². The number of nitrogens with one attached hydrogen (secondary N) is 2. The van der Waals surface area contributed by atoms with Gasteiger partial charge in [0.15, 0.2) is 5.13 Å². The van der Waals surface area contributed by atoms with Crippen LogP contribution >= 0.6 is 11.3 Å². The van der Waals surface area contributed by atoms with E-state index in [4.69, 9.17) is 0 Å². The maximum atomic E-state index is 13.2. The lowest BCUT2D eigenvalue weighted by molar-refractivity contribution is -0.178. The fraction of sp³-hybridized carbons (Fsp3) is 0.700. The highest BCUT2D eigenvalue weighted by Gasteiger charge is 2.38. The summed E-state index contributed by atoms with van der Waals surface area (Å²) in [6.07, 6.45) is -4.29. The molecule has 0 fully saturated rings. The molecule has 32 heavy (non-hydrogen) atoms. The van der Waals surface area contributed by atoms with E-state index in [1.807, 2.05) is 6.92 Å². The molecule has 1 aromatic heterocycles. The molecule has 0 aliphatic carbocycles. The quantitative estimate of drug-likeness (QED) is 0.226. The highest BCUT2D eigenvalue weighted by molar-refractivity contribution is 7.13. The third kappa shape index (κ3) is 9.11. The molecule has 0 bridgehead atoms. The van der Waals surface area contributed by atoms with Crippen molar-refractivity contribution in [3.8, 4) is 0 Å². The number of halogens is 3. The smallest absolute Gasteiger partial charge is 0.344 e. The van der Waals surface area contributed by atoms with E-state index in [0.29, 0.717) is 11.6 Å². The van der Waals surface area contributed by atoms with Gasteiger partial charge in [-0.3, -0.25) is 19.6 Å². The van der Waals surface area contributed by atoms with Crippen LogP contribution in [0.3, 0.4) is 0 Å². The van der Waals surface area contributed by atoms with Crippen molar-refractivity contribution in [2.45, 2.75) is 71.6 Å². The monoisotopic (exact) mass is 480 g/mol. The molecule has 0 saturated carbocycles. The summed E-state index contributed by atoms with van der Waals surface area (Å²) in [4.78, 5) is 41.1. The number of alkyl halides is 3. The van der Waals surface area contributed by atoms with Gasteiger partial charge in [-0.25, -0.2) is 10.0 Å². The third-order valence-electron chi connectivity index (χ3n) is 5.15. The van der Waals surface area contributed by atoms with Crippen molar-refractivity contribution < 1.29 is 32.8 Å². The Morgan fingerprint density at radius 1 is 1.28 bits per heavy atom. The molecule has 8 nitrogen and oxygen atoms in total. The number of rotatable bonds is 13. The number of aromatic nitrogens is 1. The van der Waals surface area contributed by atoms with Crippen LogP contribution in [-0.4, -0.2) is 51.7 Å². The van der Waals surface area contributed by atoms with Gasteiger partial charge in [0.1, 0.15) is 6.04 Å². The van der Waals surface area contributed by atoms with Crippen molar-refractivity contribution in [3.63, 3.8) is 0 Å². The number of amides is 3. The first-order chi connectivity index (χ1) is 14.9. The molecule has 0 aromatic carbocycles. The van der Waals surface area contributed by atoms with E-state index in [-0.39, 0.29) is 29.7 Å². The van der Waals surface area contributed by atoms with Gasteiger partial charge >= 0.3 is 6.18 Å². The molecule has 3 N–H and O–H groups in total. The second kappa shape index (κ2) is 12.7. The maximum Gasteiger partial charge on any atom is 0.389 e. The van der Waals surface area contributed by atoms with E-state index in [9.17, 15) is 32.8 Å². The zero-order valence-corrected chi connectivity index (χ0v) is 19.4. The normalized spacial score (nSPS) is 15.5. The average molecular weight is 481 g/mol. The maximum absolute atomic E-state index is 13.2. The molecule has 0 aliphatic rings. The Hall–Kier alpha value is -2.21. The van der Waals surface area contributed by atoms with Crippen molar-refractivity contribution in [3.05, 3.63) is 11.6 Å². The molecule has 4 atom stereocenters. The van der Waals surface area contributed by atoms with Gasteiger partial charge in [0.2, 0.25) is 18.2 Å². The van der Waals surface area contributed by atoms with Gasteiger partial charge in [-0.05, 0) is 24.7 Å². The Morgan fingerprint density at radius 2 is 1.94 bits per heavy atom. The van der Waals surface area contributed by atoms with Gasteiger partial charge in [-0.15, -0.1) is 11.3 Å². The zero-order valence-electron chi connectivity index (χ0n) is 18.6. The molecule has 1 rings (SSSR count). The number of nitrogens with zero attached hydrogens (tertiary/aromatic N) is 2. The lowest BCUT2D eigenvalue weighted by Crippen LogP contribution is -2.53. The predicted octanol–water partition coefficient (Wildman–Crippen LogP) is 3.83. The summed E-state index contributed by atoms with van der Waals surface area (Å²) in [5, 5.41) is 17.3. The predicted molar refractivity (Wildman–Crippen MR) is 114 cm³/mol. The minimum Gasteiger partial charge on any atom is -0.344 e. The van der Waals surface area contributed by atoms with Crippen LogP contribution in [0, 0.1) is 17.8 Å². The zero-order chi connectivity index (χ0) is 24.5. The third-order valence-corrected chi connectivity index (χ3v) is 5.84. The van der Waals surface area contributed by atoms with Crippen LogP contribution in [0.25, 0.3) is 0 Å². The van der Waals surface area contributed by atoms with Gasteiger partial charge in [-0.1, -0.05) is 34.1 Å².